The zero-order valence-corrected chi connectivity index (χ0v) is 12.5. The smallest absolute Gasteiger partial charge is 0.261 e. The minimum absolute atomic E-state index is 0.0670. The second kappa shape index (κ2) is 7.06. The summed E-state index contributed by atoms with van der Waals surface area (Å²) in [5.41, 5.74) is 7.09. The first-order chi connectivity index (χ1) is 9.16. The molecule has 106 valence electrons. The summed E-state index contributed by atoms with van der Waals surface area (Å²) >= 11 is 1.68. The van der Waals surface area contributed by atoms with Gasteiger partial charge in [0, 0.05) is 17.5 Å². The average Bonchev–Trinajstić information content (AvgIpc) is 2.71. The van der Waals surface area contributed by atoms with E-state index in [1.165, 1.54) is 36.1 Å². The molecule has 1 aromatic heterocycles. The van der Waals surface area contributed by atoms with Crippen LogP contribution >= 0.6 is 11.3 Å². The van der Waals surface area contributed by atoms with Crippen molar-refractivity contribution in [2.75, 3.05) is 6.54 Å². The lowest BCUT2D eigenvalue weighted by Crippen LogP contribution is -2.28. The molecule has 1 heterocycles. The molecule has 4 heteroatoms. The third kappa shape index (κ3) is 4.32. The molecule has 0 aromatic carbocycles. The zero-order chi connectivity index (χ0) is 13.7. The zero-order valence-electron chi connectivity index (χ0n) is 11.7. The number of carbonyl (C=O) groups is 1. The molecular weight excluding hydrogens is 256 g/mol. The van der Waals surface area contributed by atoms with Crippen LogP contribution in [-0.4, -0.2) is 18.5 Å². The third-order valence-electron chi connectivity index (χ3n) is 3.61. The topological polar surface area (TPSA) is 55.1 Å². The number of thiophene rings is 1. The first-order valence-corrected chi connectivity index (χ1v) is 8.14. The Morgan fingerprint density at radius 1 is 1.37 bits per heavy atom. The lowest BCUT2D eigenvalue weighted by atomic mass is 10.00. The van der Waals surface area contributed by atoms with E-state index in [0.29, 0.717) is 6.54 Å². The summed E-state index contributed by atoms with van der Waals surface area (Å²) in [6.07, 6.45) is 8.29. The van der Waals surface area contributed by atoms with Crippen molar-refractivity contribution in [3.8, 4) is 0 Å². The van der Waals surface area contributed by atoms with Gasteiger partial charge in [-0.2, -0.15) is 0 Å². The van der Waals surface area contributed by atoms with Gasteiger partial charge in [-0.25, -0.2) is 0 Å². The van der Waals surface area contributed by atoms with Crippen LogP contribution in [0.15, 0.2) is 6.07 Å². The largest absolute Gasteiger partial charge is 0.351 e. The van der Waals surface area contributed by atoms with E-state index in [1.807, 2.05) is 6.92 Å². The Balaban J connectivity index is 1.96. The minimum atomic E-state index is 0.0670. The molecule has 1 aromatic rings. The van der Waals surface area contributed by atoms with Gasteiger partial charge in [0.25, 0.3) is 5.91 Å². The normalized spacial score (nSPS) is 17.2. The van der Waals surface area contributed by atoms with Gasteiger partial charge in [0.05, 0.1) is 4.88 Å². The van der Waals surface area contributed by atoms with Gasteiger partial charge in [-0.15, -0.1) is 11.3 Å². The first kappa shape index (κ1) is 14.5. The Bertz CT molecular complexity index is 400. The molecule has 0 fully saturated rings. The molecule has 1 atom stereocenters. The second-order valence-electron chi connectivity index (χ2n) is 5.50. The standard InChI is InChI=1S/C15H24N2OS/c1-11(16)8-9-17-15(18)14-10-12-6-4-2-3-5-7-13(12)19-14/h10-11H,2-9,16H2,1H3,(H,17,18). The van der Waals surface area contributed by atoms with Gasteiger partial charge in [-0.1, -0.05) is 12.8 Å². The monoisotopic (exact) mass is 280 g/mol. The maximum absolute atomic E-state index is 12.1. The number of hydrogen-bond donors (Lipinski definition) is 2. The molecule has 3 nitrogen and oxygen atoms in total. The van der Waals surface area contributed by atoms with Crippen molar-refractivity contribution in [2.24, 2.45) is 5.73 Å². The van der Waals surface area contributed by atoms with Crippen LogP contribution in [0.1, 0.15) is 59.1 Å². The molecular formula is C15H24N2OS. The lowest BCUT2D eigenvalue weighted by Gasteiger charge is -2.07. The molecule has 1 aliphatic carbocycles. The molecule has 0 saturated carbocycles. The summed E-state index contributed by atoms with van der Waals surface area (Å²) in [7, 11) is 0. The number of carbonyl (C=O) groups excluding carboxylic acids is 1. The van der Waals surface area contributed by atoms with Crippen LogP contribution < -0.4 is 11.1 Å². The highest BCUT2D eigenvalue weighted by atomic mass is 32.1. The van der Waals surface area contributed by atoms with Crippen LogP contribution in [0.2, 0.25) is 0 Å². The van der Waals surface area contributed by atoms with Gasteiger partial charge in [0.2, 0.25) is 0 Å². The fraction of sp³-hybridized carbons (Fsp3) is 0.667. The molecule has 1 unspecified atom stereocenters. The Morgan fingerprint density at radius 3 is 2.84 bits per heavy atom. The summed E-state index contributed by atoms with van der Waals surface area (Å²) in [5.74, 6) is 0.0670. The summed E-state index contributed by atoms with van der Waals surface area (Å²) in [5, 5.41) is 2.96. The van der Waals surface area contributed by atoms with Crippen LogP contribution in [0.3, 0.4) is 0 Å². The summed E-state index contributed by atoms with van der Waals surface area (Å²) in [6.45, 7) is 2.63. The molecule has 0 aliphatic heterocycles. The van der Waals surface area contributed by atoms with Crippen LogP contribution in [-0.2, 0) is 12.8 Å². The Labute approximate surface area is 119 Å². The van der Waals surface area contributed by atoms with E-state index in [4.69, 9.17) is 5.73 Å². The molecule has 0 bridgehead atoms. The van der Waals surface area contributed by atoms with E-state index < -0.39 is 0 Å². The molecule has 0 saturated heterocycles. The van der Waals surface area contributed by atoms with Crippen molar-refractivity contribution in [3.63, 3.8) is 0 Å². The van der Waals surface area contributed by atoms with Gasteiger partial charge in [-0.3, -0.25) is 4.79 Å². The van der Waals surface area contributed by atoms with Crippen molar-refractivity contribution in [3.05, 3.63) is 21.4 Å². The fourth-order valence-electron chi connectivity index (χ4n) is 2.46. The summed E-state index contributed by atoms with van der Waals surface area (Å²) in [6, 6.07) is 2.25. The van der Waals surface area contributed by atoms with Gasteiger partial charge in [0.1, 0.15) is 0 Å². The van der Waals surface area contributed by atoms with Gasteiger partial charge in [0.15, 0.2) is 0 Å². The van der Waals surface area contributed by atoms with Gasteiger partial charge < -0.3 is 11.1 Å². The number of nitrogens with two attached hydrogens (primary N) is 1. The van der Waals surface area contributed by atoms with Gasteiger partial charge >= 0.3 is 0 Å². The van der Waals surface area contributed by atoms with Crippen LogP contribution in [0.5, 0.6) is 0 Å². The number of amides is 1. The highest BCUT2D eigenvalue weighted by Gasteiger charge is 2.15. The third-order valence-corrected chi connectivity index (χ3v) is 4.84. The number of aryl methyl sites for hydroxylation is 2. The lowest BCUT2D eigenvalue weighted by molar-refractivity contribution is 0.0957. The maximum atomic E-state index is 12.1. The highest BCUT2D eigenvalue weighted by Crippen LogP contribution is 2.28. The molecule has 1 amide bonds. The SMILES string of the molecule is CC(N)CCNC(=O)c1cc2c(s1)CCCCCC2. The molecule has 0 spiro atoms. The number of rotatable bonds is 4. The van der Waals surface area contributed by atoms with Crippen LogP contribution in [0, 0.1) is 0 Å². The molecule has 3 N–H and O–H groups in total. The summed E-state index contributed by atoms with van der Waals surface area (Å²) < 4.78 is 0. The molecule has 1 aliphatic rings. The Morgan fingerprint density at radius 2 is 2.11 bits per heavy atom. The van der Waals surface area contributed by atoms with Gasteiger partial charge in [-0.05, 0) is 50.7 Å². The van der Waals surface area contributed by atoms with Crippen LogP contribution in [0.25, 0.3) is 0 Å². The molecule has 0 radical (unpaired) electrons. The number of hydrogen-bond acceptors (Lipinski definition) is 3. The van der Waals surface area contributed by atoms with E-state index in [9.17, 15) is 4.79 Å². The Hall–Kier alpha value is -0.870. The van der Waals surface area contributed by atoms with E-state index >= 15 is 0 Å². The first-order valence-electron chi connectivity index (χ1n) is 7.32. The minimum Gasteiger partial charge on any atom is -0.351 e. The van der Waals surface area contributed by atoms with E-state index in [1.54, 1.807) is 11.3 Å². The van der Waals surface area contributed by atoms with Crippen molar-refractivity contribution >= 4 is 17.2 Å². The predicted molar refractivity (Wildman–Crippen MR) is 80.8 cm³/mol. The van der Waals surface area contributed by atoms with Crippen molar-refractivity contribution in [1.82, 2.24) is 5.32 Å². The van der Waals surface area contributed by atoms with E-state index in [-0.39, 0.29) is 11.9 Å². The molecule has 2 rings (SSSR count). The van der Waals surface area contributed by atoms with E-state index in [2.05, 4.69) is 11.4 Å². The second-order valence-corrected chi connectivity index (χ2v) is 6.63. The highest BCUT2D eigenvalue weighted by molar-refractivity contribution is 7.14. The molecule has 19 heavy (non-hydrogen) atoms. The fourth-order valence-corrected chi connectivity index (χ4v) is 3.63. The predicted octanol–water partition coefficient (Wildman–Crippen LogP) is 2.87. The maximum Gasteiger partial charge on any atom is 0.261 e. The van der Waals surface area contributed by atoms with Crippen molar-refractivity contribution in [2.45, 2.75) is 57.9 Å². The summed E-state index contributed by atoms with van der Waals surface area (Å²) in [4.78, 5) is 14.4. The quantitative estimate of drug-likeness (QED) is 0.891. The van der Waals surface area contributed by atoms with E-state index in [0.717, 1.165) is 24.1 Å². The number of fused-ring (bicyclic) bond motifs is 1. The van der Waals surface area contributed by atoms with Crippen molar-refractivity contribution in [1.29, 1.82) is 0 Å². The average molecular weight is 280 g/mol. The van der Waals surface area contributed by atoms with Crippen molar-refractivity contribution < 1.29 is 4.79 Å². The Kier molecular flexibility index (Phi) is 5.40. The van der Waals surface area contributed by atoms with Crippen LogP contribution in [0.4, 0.5) is 0 Å². The number of nitrogens with one attached hydrogen (secondary N) is 1.